The second-order valence-electron chi connectivity index (χ2n) is 8.17. The van der Waals surface area contributed by atoms with Gasteiger partial charge in [-0.15, -0.1) is 0 Å². The maximum Gasteiger partial charge on any atom is 0.411 e. The summed E-state index contributed by atoms with van der Waals surface area (Å²) < 4.78 is 76.2. The van der Waals surface area contributed by atoms with E-state index < -0.39 is 36.8 Å². The molecule has 32 heavy (non-hydrogen) atoms. The molecule has 1 fully saturated rings. The lowest BCUT2D eigenvalue weighted by atomic mass is 9.92. The molecule has 0 radical (unpaired) electrons. The van der Waals surface area contributed by atoms with Crippen molar-refractivity contribution in [1.29, 1.82) is 0 Å². The van der Waals surface area contributed by atoms with Crippen LogP contribution in [-0.2, 0) is 17.8 Å². The minimum atomic E-state index is -4.70. The lowest BCUT2D eigenvalue weighted by molar-refractivity contribution is -0.187. The molecule has 0 N–H and O–H groups in total. The maximum atomic E-state index is 14.2. The summed E-state index contributed by atoms with van der Waals surface area (Å²) in [6, 6.07) is 2.39. The first-order valence-corrected chi connectivity index (χ1v) is 10.1. The van der Waals surface area contributed by atoms with Gasteiger partial charge in [-0.3, -0.25) is 9.36 Å². The number of halogens is 5. The van der Waals surface area contributed by atoms with Crippen LogP contribution in [0.1, 0.15) is 32.5 Å². The Labute approximate surface area is 180 Å². The number of aromatic nitrogens is 4. The third-order valence-electron chi connectivity index (χ3n) is 6.16. The van der Waals surface area contributed by atoms with E-state index in [4.69, 9.17) is 4.74 Å². The van der Waals surface area contributed by atoms with Crippen LogP contribution in [0.3, 0.4) is 0 Å². The molecule has 13 heteroatoms. The molecule has 2 aliphatic heterocycles. The molecule has 0 bridgehead atoms. The lowest BCUT2D eigenvalue weighted by Gasteiger charge is -2.47. The molecule has 0 aromatic carbocycles. The second kappa shape index (κ2) is 8.01. The molecule has 2 unspecified atom stereocenters. The van der Waals surface area contributed by atoms with Gasteiger partial charge in [0.05, 0.1) is 31.5 Å². The molecule has 8 nitrogen and oxygen atoms in total. The molecular formula is C19H23F5N6O2. The molecule has 0 spiro atoms. The molecule has 4 heterocycles. The van der Waals surface area contributed by atoms with Gasteiger partial charge in [-0.25, -0.2) is 4.68 Å². The number of rotatable bonds is 4. The van der Waals surface area contributed by atoms with Gasteiger partial charge in [0, 0.05) is 25.4 Å². The van der Waals surface area contributed by atoms with E-state index in [0.29, 0.717) is 24.4 Å². The van der Waals surface area contributed by atoms with E-state index in [0.717, 1.165) is 22.6 Å². The third-order valence-corrected chi connectivity index (χ3v) is 6.16. The van der Waals surface area contributed by atoms with E-state index >= 15 is 0 Å². The minimum Gasteiger partial charge on any atom is -0.377 e. The molecule has 1 saturated heterocycles. The van der Waals surface area contributed by atoms with Crippen LogP contribution in [0.5, 0.6) is 0 Å². The molecule has 2 aliphatic rings. The van der Waals surface area contributed by atoms with Gasteiger partial charge in [-0.2, -0.15) is 32.0 Å². The van der Waals surface area contributed by atoms with Crippen molar-refractivity contribution in [1.82, 2.24) is 19.3 Å². The molecule has 2 atom stereocenters. The van der Waals surface area contributed by atoms with Crippen molar-refractivity contribution in [2.45, 2.75) is 57.7 Å². The van der Waals surface area contributed by atoms with Crippen LogP contribution in [0.4, 0.5) is 33.7 Å². The summed E-state index contributed by atoms with van der Waals surface area (Å²) in [5.41, 5.74) is -3.04. The first-order valence-electron chi connectivity index (χ1n) is 10.1. The maximum absolute atomic E-state index is 14.2. The third kappa shape index (κ3) is 3.71. The van der Waals surface area contributed by atoms with Gasteiger partial charge in [0.25, 0.3) is 5.56 Å². The van der Waals surface area contributed by atoms with Crippen molar-refractivity contribution in [3.8, 4) is 0 Å². The van der Waals surface area contributed by atoms with E-state index in [9.17, 15) is 26.7 Å². The summed E-state index contributed by atoms with van der Waals surface area (Å²) in [6.45, 7) is 0.297. The monoisotopic (exact) mass is 462 g/mol. The Balaban J connectivity index is 1.84. The van der Waals surface area contributed by atoms with E-state index in [1.807, 2.05) is 6.92 Å². The van der Waals surface area contributed by atoms with Gasteiger partial charge in [-0.05, 0) is 26.3 Å². The molecule has 2 aromatic heterocycles. The summed E-state index contributed by atoms with van der Waals surface area (Å²) in [5.74, 6) is 0.0233. The summed E-state index contributed by atoms with van der Waals surface area (Å²) >= 11 is 0. The Morgan fingerprint density at radius 3 is 2.72 bits per heavy atom. The van der Waals surface area contributed by atoms with Gasteiger partial charge in [-0.1, -0.05) is 0 Å². The summed E-state index contributed by atoms with van der Waals surface area (Å²) in [5, 5.41) is 3.51. The van der Waals surface area contributed by atoms with Crippen molar-refractivity contribution in [2.24, 2.45) is 0 Å². The lowest BCUT2D eigenvalue weighted by Crippen LogP contribution is -2.61. The van der Waals surface area contributed by atoms with Crippen LogP contribution < -0.4 is 15.4 Å². The van der Waals surface area contributed by atoms with E-state index in [2.05, 4.69) is 10.1 Å². The molecule has 2 aromatic rings. The van der Waals surface area contributed by atoms with Gasteiger partial charge >= 0.3 is 12.7 Å². The Kier molecular flexibility index (Phi) is 5.63. The highest BCUT2D eigenvalue weighted by Crippen LogP contribution is 2.44. The quantitative estimate of drug-likeness (QED) is 0.651. The van der Waals surface area contributed by atoms with Gasteiger partial charge < -0.3 is 14.5 Å². The van der Waals surface area contributed by atoms with Crippen molar-refractivity contribution in [3.05, 3.63) is 34.4 Å². The van der Waals surface area contributed by atoms with Crippen molar-refractivity contribution >= 4 is 11.8 Å². The van der Waals surface area contributed by atoms with Crippen LogP contribution in [0.15, 0.2) is 23.1 Å². The topological polar surface area (TPSA) is 68.4 Å². The highest BCUT2D eigenvalue weighted by Gasteiger charge is 2.57. The summed E-state index contributed by atoms with van der Waals surface area (Å²) in [7, 11) is 0. The van der Waals surface area contributed by atoms with Crippen LogP contribution in [0.25, 0.3) is 0 Å². The van der Waals surface area contributed by atoms with Gasteiger partial charge in [0.2, 0.25) is 5.95 Å². The number of fused-ring (bicyclic) bond motifs is 1. The zero-order valence-electron chi connectivity index (χ0n) is 17.5. The molecular weight excluding hydrogens is 439 g/mol. The smallest absolute Gasteiger partial charge is 0.377 e. The second-order valence-corrected chi connectivity index (χ2v) is 8.17. The van der Waals surface area contributed by atoms with Gasteiger partial charge in [0.15, 0.2) is 0 Å². The van der Waals surface area contributed by atoms with Crippen LogP contribution in [0, 0.1) is 0 Å². The number of hydrogen-bond donors (Lipinski definition) is 0. The van der Waals surface area contributed by atoms with E-state index in [1.165, 1.54) is 12.1 Å². The largest absolute Gasteiger partial charge is 0.411 e. The molecule has 0 aliphatic carbocycles. The number of anilines is 2. The molecule has 4 rings (SSSR count). The Hall–Kier alpha value is -2.70. The summed E-state index contributed by atoms with van der Waals surface area (Å²) in [6.07, 6.45) is -4.03. The predicted molar refractivity (Wildman–Crippen MR) is 105 cm³/mol. The average molecular weight is 462 g/mol. The SMILES string of the molecule is CC1COCCN1c1cc(=O)n2c(n1)N(Cc1ccnn1C(F)F)C(C)(C(F)(F)F)CC2. The van der Waals surface area contributed by atoms with E-state index in [-0.39, 0.29) is 30.0 Å². The van der Waals surface area contributed by atoms with Crippen LogP contribution in [0.2, 0.25) is 0 Å². The number of nitrogens with zero attached hydrogens (tertiary/aromatic N) is 6. The number of ether oxygens (including phenoxy) is 1. The fraction of sp³-hybridized carbons (Fsp3) is 0.632. The fourth-order valence-corrected chi connectivity index (χ4v) is 4.14. The standard InChI is InChI=1S/C19H23F5N6O2/c1-12-11-32-8-7-27(12)14-9-15(31)28-6-4-18(2,19(22,23)24)29(17(28)26-14)10-13-3-5-25-30(13)16(20)21/h3,5,9,12,16H,4,6-8,10-11H2,1-2H3. The minimum absolute atomic E-state index is 0.122. The molecule has 0 saturated carbocycles. The van der Waals surface area contributed by atoms with Crippen molar-refractivity contribution in [2.75, 3.05) is 29.6 Å². The Morgan fingerprint density at radius 2 is 2.06 bits per heavy atom. The Morgan fingerprint density at radius 1 is 1.31 bits per heavy atom. The number of alkyl halides is 5. The normalized spacial score (nSPS) is 24.2. The van der Waals surface area contributed by atoms with Crippen LogP contribution in [-0.4, -0.2) is 56.8 Å². The molecule has 0 amide bonds. The van der Waals surface area contributed by atoms with Gasteiger partial charge in [0.1, 0.15) is 11.4 Å². The highest BCUT2D eigenvalue weighted by atomic mass is 19.4. The van der Waals surface area contributed by atoms with Crippen LogP contribution >= 0.6 is 0 Å². The van der Waals surface area contributed by atoms with Crippen molar-refractivity contribution in [3.63, 3.8) is 0 Å². The number of hydrogen-bond acceptors (Lipinski definition) is 6. The predicted octanol–water partition coefficient (Wildman–Crippen LogP) is 2.79. The van der Waals surface area contributed by atoms with E-state index in [1.54, 1.807) is 4.90 Å². The Bertz CT molecular complexity index is 1040. The first kappa shape index (κ1) is 22.5. The number of morpholine rings is 1. The molecule has 176 valence electrons. The van der Waals surface area contributed by atoms with Crippen molar-refractivity contribution < 1.29 is 26.7 Å². The zero-order valence-corrected chi connectivity index (χ0v) is 17.5. The first-order chi connectivity index (χ1) is 15.0. The summed E-state index contributed by atoms with van der Waals surface area (Å²) in [4.78, 5) is 20.0. The average Bonchev–Trinajstić information content (AvgIpc) is 3.18. The highest BCUT2D eigenvalue weighted by molar-refractivity contribution is 5.49. The fourth-order valence-electron chi connectivity index (χ4n) is 4.14. The zero-order chi connectivity index (χ0) is 23.3.